The van der Waals surface area contributed by atoms with Crippen molar-refractivity contribution < 1.29 is 4.79 Å². The average molecular weight is 290 g/mol. The van der Waals surface area contributed by atoms with Gasteiger partial charge in [0.25, 0.3) is 0 Å². The van der Waals surface area contributed by atoms with Gasteiger partial charge in [0.15, 0.2) is 5.78 Å². The number of Topliss-reactive ketones (excluding diaryl/α,β-unsaturated/α-hetero) is 1. The zero-order valence-electron chi connectivity index (χ0n) is 9.19. The molecule has 0 fully saturated rings. The van der Waals surface area contributed by atoms with Crippen molar-refractivity contribution in [2.45, 2.75) is 6.42 Å². The first-order valence-electron chi connectivity index (χ1n) is 5.29. The quantitative estimate of drug-likeness (QED) is 0.695. The van der Waals surface area contributed by atoms with E-state index in [-0.39, 0.29) is 5.78 Å². The molecule has 86 valence electrons. The molecule has 0 aromatic heterocycles. The molecular weight excluding hydrogens is 278 g/mol. The van der Waals surface area contributed by atoms with Gasteiger partial charge in [-0.15, -0.1) is 0 Å². The summed E-state index contributed by atoms with van der Waals surface area (Å²) in [6.45, 7) is 0. The normalized spacial score (nSPS) is 10.2. The van der Waals surface area contributed by atoms with E-state index in [0.717, 1.165) is 10.0 Å². The summed E-state index contributed by atoms with van der Waals surface area (Å²) in [7, 11) is 0. The summed E-state index contributed by atoms with van der Waals surface area (Å²) in [5, 5.41) is 0. The van der Waals surface area contributed by atoms with E-state index < -0.39 is 0 Å². The Labute approximate surface area is 109 Å². The van der Waals surface area contributed by atoms with Gasteiger partial charge >= 0.3 is 0 Å². The molecule has 0 aliphatic carbocycles. The topological polar surface area (TPSA) is 43.1 Å². The van der Waals surface area contributed by atoms with Crippen molar-refractivity contribution in [3.05, 3.63) is 64.1 Å². The molecular formula is C14H12BrNO. The van der Waals surface area contributed by atoms with Crippen molar-refractivity contribution in [1.82, 2.24) is 0 Å². The number of carbonyl (C=O) groups is 1. The van der Waals surface area contributed by atoms with Gasteiger partial charge in [-0.3, -0.25) is 4.79 Å². The molecule has 0 saturated carbocycles. The molecule has 0 bridgehead atoms. The molecule has 0 aliphatic rings. The Hall–Kier alpha value is -1.61. The first-order valence-corrected chi connectivity index (χ1v) is 6.08. The van der Waals surface area contributed by atoms with E-state index in [1.165, 1.54) is 0 Å². The summed E-state index contributed by atoms with van der Waals surface area (Å²) in [6.07, 6.45) is 0.369. The predicted octanol–water partition coefficient (Wildman–Crippen LogP) is 3.46. The maximum atomic E-state index is 12.1. The van der Waals surface area contributed by atoms with E-state index in [0.29, 0.717) is 17.7 Å². The molecule has 2 aromatic rings. The number of nitrogen functional groups attached to an aromatic ring is 1. The minimum absolute atomic E-state index is 0.0862. The van der Waals surface area contributed by atoms with Crippen molar-refractivity contribution in [2.75, 3.05) is 5.73 Å². The van der Waals surface area contributed by atoms with Gasteiger partial charge in [-0.05, 0) is 23.8 Å². The van der Waals surface area contributed by atoms with Gasteiger partial charge in [0.1, 0.15) is 0 Å². The number of benzene rings is 2. The van der Waals surface area contributed by atoms with Crippen LogP contribution in [-0.4, -0.2) is 5.78 Å². The van der Waals surface area contributed by atoms with E-state index in [4.69, 9.17) is 5.73 Å². The Balaban J connectivity index is 2.20. The van der Waals surface area contributed by atoms with Crippen molar-refractivity contribution in [1.29, 1.82) is 0 Å². The predicted molar refractivity (Wildman–Crippen MR) is 73.0 cm³/mol. The second kappa shape index (κ2) is 5.15. The highest BCUT2D eigenvalue weighted by Gasteiger charge is 2.09. The summed E-state index contributed by atoms with van der Waals surface area (Å²) in [5.41, 5.74) is 8.00. The molecule has 3 heteroatoms. The van der Waals surface area contributed by atoms with Crippen LogP contribution < -0.4 is 5.73 Å². The van der Waals surface area contributed by atoms with Gasteiger partial charge < -0.3 is 5.73 Å². The standard InChI is InChI=1S/C14H12BrNO/c15-13-7-2-1-6-12(13)14(17)9-10-4-3-5-11(16)8-10/h1-8H,9,16H2. The molecule has 2 aromatic carbocycles. The van der Waals surface area contributed by atoms with Crippen LogP contribution in [0.1, 0.15) is 15.9 Å². The van der Waals surface area contributed by atoms with E-state index in [9.17, 15) is 4.79 Å². The number of ketones is 1. The Morgan fingerprint density at radius 3 is 2.59 bits per heavy atom. The molecule has 0 heterocycles. The Morgan fingerprint density at radius 1 is 1.12 bits per heavy atom. The van der Waals surface area contributed by atoms with Crippen LogP contribution in [0.2, 0.25) is 0 Å². The van der Waals surface area contributed by atoms with Crippen molar-refractivity contribution in [2.24, 2.45) is 0 Å². The van der Waals surface area contributed by atoms with Crippen LogP contribution >= 0.6 is 15.9 Å². The van der Waals surface area contributed by atoms with Gasteiger partial charge in [-0.2, -0.15) is 0 Å². The number of carbonyl (C=O) groups excluding carboxylic acids is 1. The smallest absolute Gasteiger partial charge is 0.168 e. The number of anilines is 1. The lowest BCUT2D eigenvalue weighted by molar-refractivity contribution is 0.0992. The number of nitrogens with two attached hydrogens (primary N) is 1. The summed E-state index contributed by atoms with van der Waals surface area (Å²) in [4.78, 5) is 12.1. The Kier molecular flexibility index (Phi) is 3.59. The molecule has 0 saturated heterocycles. The third-order valence-corrected chi connectivity index (χ3v) is 3.18. The van der Waals surface area contributed by atoms with E-state index >= 15 is 0 Å². The zero-order valence-corrected chi connectivity index (χ0v) is 10.8. The Morgan fingerprint density at radius 2 is 1.88 bits per heavy atom. The van der Waals surface area contributed by atoms with Crippen LogP contribution in [0, 0.1) is 0 Å². The molecule has 0 unspecified atom stereocenters. The average Bonchev–Trinajstić information content (AvgIpc) is 2.29. The maximum Gasteiger partial charge on any atom is 0.168 e. The summed E-state index contributed by atoms with van der Waals surface area (Å²) >= 11 is 3.38. The molecule has 17 heavy (non-hydrogen) atoms. The number of rotatable bonds is 3. The fourth-order valence-electron chi connectivity index (χ4n) is 1.67. The molecule has 0 atom stereocenters. The van der Waals surface area contributed by atoms with Crippen molar-refractivity contribution >= 4 is 27.4 Å². The highest BCUT2D eigenvalue weighted by atomic mass is 79.9. The van der Waals surface area contributed by atoms with Gasteiger partial charge in [0.2, 0.25) is 0 Å². The van der Waals surface area contributed by atoms with Gasteiger partial charge in [-0.25, -0.2) is 0 Å². The highest BCUT2D eigenvalue weighted by Crippen LogP contribution is 2.18. The van der Waals surface area contributed by atoms with Crippen LogP contribution in [0.15, 0.2) is 53.0 Å². The lowest BCUT2D eigenvalue weighted by atomic mass is 10.0. The van der Waals surface area contributed by atoms with E-state index in [1.54, 1.807) is 0 Å². The second-order valence-electron chi connectivity index (χ2n) is 3.82. The van der Waals surface area contributed by atoms with Gasteiger partial charge in [0, 0.05) is 22.1 Å². The van der Waals surface area contributed by atoms with Crippen LogP contribution in [-0.2, 0) is 6.42 Å². The molecule has 0 amide bonds. The van der Waals surface area contributed by atoms with Gasteiger partial charge in [0.05, 0.1) is 0 Å². The minimum atomic E-state index is 0.0862. The molecule has 2 N–H and O–H groups in total. The third-order valence-electron chi connectivity index (χ3n) is 2.49. The highest BCUT2D eigenvalue weighted by molar-refractivity contribution is 9.10. The monoisotopic (exact) mass is 289 g/mol. The number of halogens is 1. The molecule has 2 nitrogen and oxygen atoms in total. The molecule has 2 rings (SSSR count). The largest absolute Gasteiger partial charge is 0.399 e. The Bertz CT molecular complexity index is 551. The molecule has 0 radical (unpaired) electrons. The van der Waals surface area contributed by atoms with Gasteiger partial charge in [-0.1, -0.05) is 46.3 Å². The third kappa shape index (κ3) is 2.94. The first kappa shape index (κ1) is 11.9. The van der Waals surface area contributed by atoms with Crippen molar-refractivity contribution in [3.8, 4) is 0 Å². The van der Waals surface area contributed by atoms with Crippen LogP contribution in [0.5, 0.6) is 0 Å². The zero-order chi connectivity index (χ0) is 12.3. The molecule has 0 aliphatic heterocycles. The second-order valence-corrected chi connectivity index (χ2v) is 4.68. The fourth-order valence-corrected chi connectivity index (χ4v) is 2.18. The summed E-state index contributed by atoms with van der Waals surface area (Å²) in [5.74, 6) is 0.0862. The first-order chi connectivity index (χ1) is 8.16. The SMILES string of the molecule is Nc1cccc(CC(=O)c2ccccc2Br)c1. The fraction of sp³-hybridized carbons (Fsp3) is 0.0714. The van der Waals surface area contributed by atoms with E-state index in [1.807, 2.05) is 48.5 Å². The molecule has 0 spiro atoms. The van der Waals surface area contributed by atoms with Crippen LogP contribution in [0.25, 0.3) is 0 Å². The summed E-state index contributed by atoms with van der Waals surface area (Å²) < 4.78 is 0.828. The lowest BCUT2D eigenvalue weighted by Crippen LogP contribution is -2.04. The van der Waals surface area contributed by atoms with E-state index in [2.05, 4.69) is 15.9 Å². The van der Waals surface area contributed by atoms with Crippen LogP contribution in [0.3, 0.4) is 0 Å². The van der Waals surface area contributed by atoms with Crippen molar-refractivity contribution in [3.63, 3.8) is 0 Å². The number of hydrogen-bond acceptors (Lipinski definition) is 2. The lowest BCUT2D eigenvalue weighted by Gasteiger charge is -2.04. The minimum Gasteiger partial charge on any atom is -0.399 e. The summed E-state index contributed by atoms with van der Waals surface area (Å²) in [6, 6.07) is 14.8. The van der Waals surface area contributed by atoms with Crippen LogP contribution in [0.4, 0.5) is 5.69 Å². The maximum absolute atomic E-state index is 12.1. The number of hydrogen-bond donors (Lipinski definition) is 1.